The van der Waals surface area contributed by atoms with Gasteiger partial charge in [-0.1, -0.05) is 11.3 Å². The minimum atomic E-state index is -4.02. The van der Waals surface area contributed by atoms with Crippen molar-refractivity contribution in [2.75, 3.05) is 0 Å². The van der Waals surface area contributed by atoms with Crippen molar-refractivity contribution in [1.29, 1.82) is 0 Å². The topological polar surface area (TPSA) is 116 Å². The van der Waals surface area contributed by atoms with E-state index in [0.29, 0.717) is 11.3 Å². The lowest BCUT2D eigenvalue weighted by Gasteiger charge is -1.90. The molecule has 0 aromatic carbocycles. The van der Waals surface area contributed by atoms with E-state index in [-0.39, 0.29) is 9.90 Å². The maximum atomic E-state index is 11.1. The summed E-state index contributed by atoms with van der Waals surface area (Å²) in [6.45, 7) is 1.41. The Kier molecular flexibility index (Phi) is 2.41. The minimum Gasteiger partial charge on any atom is -0.316 e. The third-order valence-corrected chi connectivity index (χ3v) is 3.88. The van der Waals surface area contributed by atoms with Crippen LogP contribution < -0.4 is 4.87 Å². The van der Waals surface area contributed by atoms with Crippen molar-refractivity contribution in [2.24, 2.45) is 4.52 Å². The molecule has 0 atom stereocenters. The van der Waals surface area contributed by atoms with Crippen LogP contribution in [0.1, 0.15) is 5.69 Å². The van der Waals surface area contributed by atoms with Crippen molar-refractivity contribution in [3.63, 3.8) is 0 Å². The van der Waals surface area contributed by atoms with Gasteiger partial charge in [0.05, 0.1) is 0 Å². The van der Waals surface area contributed by atoms with Gasteiger partial charge in [0.15, 0.2) is 4.21 Å². The molecule has 0 aliphatic rings. The van der Waals surface area contributed by atoms with Gasteiger partial charge in [-0.05, 0) is 12.5 Å². The molecule has 1 N–H and O–H groups in total. The number of aryl methyl sites for hydroxylation is 1. The maximum Gasteiger partial charge on any atom is 0.305 e. The molecule has 0 spiro atoms. The number of nitrogens with one attached hydrogen (secondary N) is 1. The molecule has 0 amide bonds. The number of rotatable bonds is 2. The monoisotopic (exact) mass is 220 g/mol. The lowest BCUT2D eigenvalue weighted by Crippen LogP contribution is -1.94. The van der Waals surface area contributed by atoms with Crippen LogP contribution >= 0.6 is 11.3 Å². The molecule has 0 aliphatic carbocycles. The molecule has 0 saturated heterocycles. The van der Waals surface area contributed by atoms with Gasteiger partial charge in [0.25, 0.3) is 10.0 Å². The van der Waals surface area contributed by atoms with E-state index in [2.05, 4.69) is 14.4 Å². The smallest absolute Gasteiger partial charge is 0.305 e. The van der Waals surface area contributed by atoms with Crippen LogP contribution in [0.5, 0.6) is 0 Å². The second-order valence-corrected chi connectivity index (χ2v) is 4.84. The highest BCUT2D eigenvalue weighted by molar-refractivity contribution is 7.92. The number of hydrogen-bond donors (Lipinski definition) is 1. The summed E-state index contributed by atoms with van der Waals surface area (Å²) in [5.74, 6) is 0. The molecule has 0 saturated carbocycles. The Bertz CT molecular complexity index is 518. The summed E-state index contributed by atoms with van der Waals surface area (Å²) in [6.07, 6.45) is 0. The largest absolute Gasteiger partial charge is 0.316 e. The highest BCUT2D eigenvalue weighted by Crippen LogP contribution is 2.18. The van der Waals surface area contributed by atoms with Crippen LogP contribution in [-0.2, 0) is 10.0 Å². The molecule has 0 unspecified atom stereocenters. The van der Waals surface area contributed by atoms with Crippen molar-refractivity contribution in [2.45, 2.75) is 11.1 Å². The normalized spacial score (nSPS) is 10.8. The Balaban J connectivity index is 3.47. The predicted octanol–water partition coefficient (Wildman–Crippen LogP) is 0.744. The summed E-state index contributed by atoms with van der Waals surface area (Å²) in [5, 5.41) is 0. The molecule has 13 heavy (non-hydrogen) atoms. The van der Waals surface area contributed by atoms with Gasteiger partial charge in [-0.2, -0.15) is 0 Å². The number of hydrogen-bond acceptors (Lipinski definition) is 4. The summed E-state index contributed by atoms with van der Waals surface area (Å²) in [7, 11) is -4.02. The van der Waals surface area contributed by atoms with Gasteiger partial charge in [-0.15, -0.1) is 0 Å². The Morgan fingerprint density at radius 2 is 2.23 bits per heavy atom. The molecule has 1 heterocycles. The van der Waals surface area contributed by atoms with E-state index in [1.807, 2.05) is 0 Å². The second kappa shape index (κ2) is 3.21. The first-order chi connectivity index (χ1) is 5.97. The fraction of sp³-hybridized carbons (Fsp3) is 0.250. The molecular formula is C4H4N4O3S2. The zero-order valence-electron chi connectivity index (χ0n) is 6.38. The van der Waals surface area contributed by atoms with Crippen LogP contribution in [0.15, 0.2) is 13.5 Å². The average Bonchev–Trinajstić information content (AvgIpc) is 2.30. The van der Waals surface area contributed by atoms with E-state index < -0.39 is 14.9 Å². The van der Waals surface area contributed by atoms with Crippen molar-refractivity contribution >= 4 is 21.4 Å². The van der Waals surface area contributed by atoms with E-state index in [1.54, 1.807) is 0 Å². The Labute approximate surface area is 76.7 Å². The van der Waals surface area contributed by atoms with Gasteiger partial charge in [-0.3, -0.25) is 4.79 Å². The summed E-state index contributed by atoms with van der Waals surface area (Å²) >= 11 is 0.497. The van der Waals surface area contributed by atoms with E-state index in [9.17, 15) is 13.2 Å². The Hall–Kier alpha value is -1.31. The molecule has 0 aliphatic heterocycles. The zero-order valence-corrected chi connectivity index (χ0v) is 8.02. The zero-order chi connectivity index (χ0) is 10.1. The van der Waals surface area contributed by atoms with Crippen molar-refractivity contribution in [3.05, 3.63) is 25.8 Å². The van der Waals surface area contributed by atoms with E-state index >= 15 is 0 Å². The second-order valence-electron chi connectivity index (χ2n) is 2.07. The van der Waals surface area contributed by atoms with Gasteiger partial charge in [-0.25, -0.2) is 8.42 Å². The van der Waals surface area contributed by atoms with Crippen LogP contribution in [0, 0.1) is 6.92 Å². The molecule has 1 aromatic rings. The summed E-state index contributed by atoms with van der Waals surface area (Å²) in [4.78, 5) is 14.7. The Morgan fingerprint density at radius 3 is 2.62 bits per heavy atom. The van der Waals surface area contributed by atoms with Crippen molar-refractivity contribution in [1.82, 2.24) is 4.98 Å². The molecule has 1 aromatic heterocycles. The van der Waals surface area contributed by atoms with Crippen molar-refractivity contribution in [3.8, 4) is 0 Å². The van der Waals surface area contributed by atoms with E-state index in [4.69, 9.17) is 5.53 Å². The Morgan fingerprint density at radius 1 is 1.62 bits per heavy atom. The summed E-state index contributed by atoms with van der Waals surface area (Å²) in [5.41, 5.74) is 8.14. The summed E-state index contributed by atoms with van der Waals surface area (Å²) < 4.78 is 24.6. The van der Waals surface area contributed by atoms with Crippen LogP contribution in [0.2, 0.25) is 0 Å². The highest BCUT2D eigenvalue weighted by Gasteiger charge is 2.18. The van der Waals surface area contributed by atoms with Crippen molar-refractivity contribution < 1.29 is 8.42 Å². The van der Waals surface area contributed by atoms with Gasteiger partial charge in [0, 0.05) is 15.1 Å². The molecule has 7 nitrogen and oxygen atoms in total. The average molecular weight is 220 g/mol. The number of nitrogens with zero attached hydrogens (tertiary/aromatic N) is 3. The standard InChI is InChI=1S/C4H4N4O3S2/c1-2-3(12-4(9)6-2)13(10,11)8-7-5/h1H3,(H,6,9). The first-order valence-electron chi connectivity index (χ1n) is 2.98. The SMILES string of the molecule is Cc1[nH]c(=O)sc1S(=O)(=O)N=[N+]=[N-]. The molecule has 70 valence electrons. The van der Waals surface area contributed by atoms with Crippen LogP contribution in [-0.4, -0.2) is 13.4 Å². The third-order valence-electron chi connectivity index (χ3n) is 1.16. The number of sulfonamides is 1. The quantitative estimate of drug-likeness (QED) is 0.450. The van der Waals surface area contributed by atoms with Gasteiger partial charge in [0.2, 0.25) is 0 Å². The predicted molar refractivity (Wildman–Crippen MR) is 46.0 cm³/mol. The van der Waals surface area contributed by atoms with Gasteiger partial charge in [0.1, 0.15) is 0 Å². The van der Waals surface area contributed by atoms with Crippen LogP contribution in [0.4, 0.5) is 0 Å². The van der Waals surface area contributed by atoms with Gasteiger partial charge >= 0.3 is 4.87 Å². The van der Waals surface area contributed by atoms with E-state index in [1.165, 1.54) is 6.92 Å². The van der Waals surface area contributed by atoms with Crippen LogP contribution in [0.3, 0.4) is 0 Å². The maximum absolute atomic E-state index is 11.1. The lowest BCUT2D eigenvalue weighted by molar-refractivity contribution is 0.598. The summed E-state index contributed by atoms with van der Waals surface area (Å²) in [6, 6.07) is 0. The highest BCUT2D eigenvalue weighted by atomic mass is 32.2. The number of azide groups is 1. The van der Waals surface area contributed by atoms with Gasteiger partial charge < -0.3 is 4.98 Å². The number of aromatic nitrogens is 1. The number of H-pyrrole nitrogens is 1. The fourth-order valence-corrected chi connectivity index (χ4v) is 2.65. The first kappa shape index (κ1) is 9.78. The molecule has 9 heteroatoms. The number of thiazole rings is 1. The molecule has 1 rings (SSSR count). The molecule has 0 fully saturated rings. The number of aromatic amines is 1. The van der Waals surface area contributed by atoms with E-state index in [0.717, 1.165) is 0 Å². The van der Waals surface area contributed by atoms with Crippen LogP contribution in [0.25, 0.3) is 10.4 Å². The fourth-order valence-electron chi connectivity index (χ4n) is 0.722. The molecular weight excluding hydrogens is 216 g/mol. The molecule has 0 radical (unpaired) electrons. The lowest BCUT2D eigenvalue weighted by atomic mass is 10.6. The minimum absolute atomic E-state index is 0.183. The third kappa shape index (κ3) is 1.89. The first-order valence-corrected chi connectivity index (χ1v) is 5.24. The molecule has 0 bridgehead atoms.